The van der Waals surface area contributed by atoms with Gasteiger partial charge in [-0.05, 0) is 92.4 Å². The van der Waals surface area contributed by atoms with Gasteiger partial charge in [-0.2, -0.15) is 5.10 Å². The van der Waals surface area contributed by atoms with E-state index in [0.29, 0.717) is 5.92 Å². The van der Waals surface area contributed by atoms with Gasteiger partial charge in [0, 0.05) is 25.0 Å². The molecule has 1 aromatic rings. The Morgan fingerprint density at radius 1 is 1.03 bits per heavy atom. The zero-order chi connectivity index (χ0) is 24.5. The number of fused-ring (bicyclic) bond motifs is 5. The Hall–Kier alpha value is -1.94. The van der Waals surface area contributed by atoms with Crippen LogP contribution in [-0.4, -0.2) is 27.8 Å². The number of carbonyl (C=O) groups is 1. The largest absolute Gasteiger partial charge is 0.393 e. The molecule has 35 heavy (non-hydrogen) atoms. The zero-order valence-electron chi connectivity index (χ0n) is 22.0. The molecule has 4 aliphatic carbocycles. The lowest BCUT2D eigenvalue weighted by atomic mass is 9.47. The van der Waals surface area contributed by atoms with E-state index >= 15 is 0 Å². The maximum atomic E-state index is 12.6. The van der Waals surface area contributed by atoms with Crippen molar-refractivity contribution < 1.29 is 9.90 Å². The SMILES string of the molecule is CC(=O)N1N=C(C2CC[C@H]3[C@@H]4CC=C5CC(O)CC[C@]5(C)[C@H]4CC[C@]23C)CC1c1ccc(C)cc1. The Balaban J connectivity index is 1.27. The summed E-state index contributed by atoms with van der Waals surface area (Å²) in [5, 5.41) is 17.1. The number of hydrogen-bond donors (Lipinski definition) is 1. The highest BCUT2D eigenvalue weighted by atomic mass is 16.3. The molecule has 3 saturated carbocycles. The second kappa shape index (κ2) is 8.30. The number of amides is 1. The lowest BCUT2D eigenvalue weighted by molar-refractivity contribution is -0.130. The van der Waals surface area contributed by atoms with Crippen molar-refractivity contribution in [2.24, 2.45) is 39.6 Å². The second-order valence-electron chi connectivity index (χ2n) is 12.9. The van der Waals surface area contributed by atoms with Crippen LogP contribution in [0.1, 0.15) is 95.7 Å². The molecule has 4 heteroatoms. The van der Waals surface area contributed by atoms with Gasteiger partial charge in [-0.15, -0.1) is 0 Å². The van der Waals surface area contributed by atoms with E-state index in [2.05, 4.69) is 51.1 Å². The highest BCUT2D eigenvalue weighted by Gasteiger charge is 2.59. The van der Waals surface area contributed by atoms with Gasteiger partial charge in [-0.1, -0.05) is 55.3 Å². The van der Waals surface area contributed by atoms with Crippen LogP contribution in [0.5, 0.6) is 0 Å². The van der Waals surface area contributed by atoms with Gasteiger partial charge >= 0.3 is 0 Å². The van der Waals surface area contributed by atoms with Crippen molar-refractivity contribution >= 4 is 11.6 Å². The van der Waals surface area contributed by atoms with Crippen LogP contribution in [0.3, 0.4) is 0 Å². The molecule has 1 amide bonds. The molecule has 8 atom stereocenters. The molecule has 1 heterocycles. The molecule has 0 spiro atoms. The molecule has 5 aliphatic rings. The van der Waals surface area contributed by atoms with Crippen LogP contribution in [0.15, 0.2) is 41.0 Å². The molecule has 0 bridgehead atoms. The molecule has 0 saturated heterocycles. The molecule has 3 fully saturated rings. The number of allylic oxidation sites excluding steroid dienone is 1. The molecule has 0 radical (unpaired) electrons. The minimum absolute atomic E-state index is 0.0369. The molecule has 1 aromatic carbocycles. The third-order valence-corrected chi connectivity index (χ3v) is 11.2. The van der Waals surface area contributed by atoms with Gasteiger partial charge in [-0.3, -0.25) is 4.79 Å². The predicted molar refractivity (Wildman–Crippen MR) is 140 cm³/mol. The highest BCUT2D eigenvalue weighted by Crippen LogP contribution is 2.66. The molecule has 0 aromatic heterocycles. The lowest BCUT2D eigenvalue weighted by Gasteiger charge is -2.58. The maximum absolute atomic E-state index is 12.6. The van der Waals surface area contributed by atoms with E-state index in [0.717, 1.165) is 43.4 Å². The number of aliphatic hydroxyl groups excluding tert-OH is 1. The van der Waals surface area contributed by atoms with E-state index in [9.17, 15) is 9.90 Å². The molecule has 4 nitrogen and oxygen atoms in total. The number of hydrazone groups is 1. The highest BCUT2D eigenvalue weighted by molar-refractivity contribution is 5.92. The number of aliphatic hydroxyl groups is 1. The van der Waals surface area contributed by atoms with Crippen LogP contribution in [0.2, 0.25) is 0 Å². The van der Waals surface area contributed by atoms with E-state index in [-0.39, 0.29) is 28.9 Å². The number of carbonyl (C=O) groups excluding carboxylic acids is 1. The monoisotopic (exact) mass is 474 g/mol. The van der Waals surface area contributed by atoms with Crippen LogP contribution in [0.25, 0.3) is 0 Å². The Bertz CT molecular complexity index is 1070. The first-order valence-corrected chi connectivity index (χ1v) is 14.0. The van der Waals surface area contributed by atoms with Crippen LogP contribution in [-0.2, 0) is 4.79 Å². The summed E-state index contributed by atoms with van der Waals surface area (Å²) in [6, 6.07) is 8.68. The van der Waals surface area contributed by atoms with Crippen molar-refractivity contribution in [2.45, 2.75) is 97.6 Å². The fourth-order valence-electron chi connectivity index (χ4n) is 9.27. The quantitative estimate of drug-likeness (QED) is 0.492. The summed E-state index contributed by atoms with van der Waals surface area (Å²) in [5.74, 6) is 2.77. The third-order valence-electron chi connectivity index (χ3n) is 11.2. The summed E-state index contributed by atoms with van der Waals surface area (Å²) in [5.41, 5.74) is 5.83. The van der Waals surface area contributed by atoms with Gasteiger partial charge in [0.15, 0.2) is 0 Å². The smallest absolute Gasteiger partial charge is 0.240 e. The van der Waals surface area contributed by atoms with Crippen molar-refractivity contribution in [2.75, 3.05) is 0 Å². The van der Waals surface area contributed by atoms with Gasteiger partial charge in [0.1, 0.15) is 0 Å². The summed E-state index contributed by atoms with van der Waals surface area (Å²) in [6.07, 6.45) is 12.5. The number of nitrogens with zero attached hydrogens (tertiary/aromatic N) is 2. The zero-order valence-corrected chi connectivity index (χ0v) is 22.0. The Labute approximate surface area is 210 Å². The molecule has 1 N–H and O–H groups in total. The first-order chi connectivity index (χ1) is 16.7. The van der Waals surface area contributed by atoms with E-state index < -0.39 is 0 Å². The van der Waals surface area contributed by atoms with Crippen molar-refractivity contribution in [3.8, 4) is 0 Å². The molecular weight excluding hydrogens is 432 g/mol. The third kappa shape index (κ3) is 3.57. The summed E-state index contributed by atoms with van der Waals surface area (Å²) >= 11 is 0. The minimum Gasteiger partial charge on any atom is -0.393 e. The molecule has 1 aliphatic heterocycles. The van der Waals surface area contributed by atoms with Crippen molar-refractivity contribution in [1.82, 2.24) is 5.01 Å². The van der Waals surface area contributed by atoms with Gasteiger partial charge in [0.2, 0.25) is 5.91 Å². The minimum atomic E-state index is -0.137. The number of hydrogen-bond acceptors (Lipinski definition) is 3. The van der Waals surface area contributed by atoms with Crippen LogP contribution < -0.4 is 0 Å². The Morgan fingerprint density at radius 3 is 2.54 bits per heavy atom. The first kappa shape index (κ1) is 23.5. The van der Waals surface area contributed by atoms with Gasteiger partial charge in [-0.25, -0.2) is 5.01 Å². The molecular formula is C31H42N2O2. The first-order valence-electron chi connectivity index (χ1n) is 14.0. The van der Waals surface area contributed by atoms with Gasteiger partial charge < -0.3 is 5.11 Å². The molecule has 6 rings (SSSR count). The summed E-state index contributed by atoms with van der Waals surface area (Å²) in [4.78, 5) is 12.6. The van der Waals surface area contributed by atoms with E-state index in [1.807, 2.05) is 0 Å². The molecule has 3 unspecified atom stereocenters. The topological polar surface area (TPSA) is 52.9 Å². The fraction of sp³-hybridized carbons (Fsp3) is 0.677. The fourth-order valence-corrected chi connectivity index (χ4v) is 9.27. The van der Waals surface area contributed by atoms with Crippen molar-refractivity contribution in [3.05, 3.63) is 47.0 Å². The number of rotatable bonds is 2. The van der Waals surface area contributed by atoms with Gasteiger partial charge in [0.05, 0.1) is 12.1 Å². The predicted octanol–water partition coefficient (Wildman–Crippen LogP) is 6.58. The Morgan fingerprint density at radius 2 is 1.80 bits per heavy atom. The van der Waals surface area contributed by atoms with Crippen molar-refractivity contribution in [1.29, 1.82) is 0 Å². The summed E-state index contributed by atoms with van der Waals surface area (Å²) in [6.45, 7) is 8.83. The summed E-state index contributed by atoms with van der Waals surface area (Å²) < 4.78 is 0. The average Bonchev–Trinajstić information content (AvgIpc) is 3.41. The van der Waals surface area contributed by atoms with Gasteiger partial charge in [0.25, 0.3) is 0 Å². The van der Waals surface area contributed by atoms with Crippen LogP contribution in [0, 0.1) is 41.4 Å². The van der Waals surface area contributed by atoms with E-state index in [1.54, 1.807) is 17.5 Å². The number of benzene rings is 1. The maximum Gasteiger partial charge on any atom is 0.240 e. The standard InChI is InChI=1S/C31H42N2O2/c1-19-5-7-21(8-6-19)29-18-28(32-33(29)20(2)34)27-12-11-25-24-10-9-22-17-23(35)13-15-30(22,3)26(24)14-16-31(25,27)4/h5-9,23-27,29,35H,10-18H2,1-4H3/t23?,24-,25-,26-,27?,29?,30-,31-/m0/s1. The summed E-state index contributed by atoms with van der Waals surface area (Å²) in [7, 11) is 0. The average molecular weight is 475 g/mol. The lowest BCUT2D eigenvalue weighted by Crippen LogP contribution is -2.51. The Kier molecular flexibility index (Phi) is 5.56. The van der Waals surface area contributed by atoms with Crippen LogP contribution in [0.4, 0.5) is 0 Å². The van der Waals surface area contributed by atoms with Crippen LogP contribution >= 0.6 is 0 Å². The normalized spacial score (nSPS) is 42.6. The van der Waals surface area contributed by atoms with E-state index in [1.165, 1.54) is 48.9 Å². The second-order valence-corrected chi connectivity index (χ2v) is 12.9. The van der Waals surface area contributed by atoms with E-state index in [4.69, 9.17) is 5.10 Å². The van der Waals surface area contributed by atoms with Crippen molar-refractivity contribution in [3.63, 3.8) is 0 Å². The molecule has 188 valence electrons. The number of aryl methyl sites for hydroxylation is 1.